The highest BCUT2D eigenvalue weighted by Crippen LogP contribution is 1.97. The lowest BCUT2D eigenvalue weighted by Crippen LogP contribution is -2.29. The number of hydrogen-bond donors (Lipinski definition) is 1. The van der Waals surface area contributed by atoms with Crippen LogP contribution in [0.25, 0.3) is 0 Å². The second-order valence-corrected chi connectivity index (χ2v) is 5.26. The molecule has 0 bridgehead atoms. The number of hydrogen-bond acceptors (Lipinski definition) is 1. The topological polar surface area (TPSA) is 29.1 Å². The van der Waals surface area contributed by atoms with E-state index >= 15 is 0 Å². The SMILES string of the molecule is CCC=CCC=CCC=CCC=CCCC(=O)NC(C)C. The molecule has 2 nitrogen and oxygen atoms in total. The second kappa shape index (κ2) is 14.8. The van der Waals surface area contributed by atoms with Crippen molar-refractivity contribution in [3.8, 4) is 0 Å². The highest BCUT2D eigenvalue weighted by molar-refractivity contribution is 5.76. The van der Waals surface area contributed by atoms with Crippen LogP contribution in [-0.2, 0) is 4.79 Å². The molecule has 0 atom stereocenters. The predicted molar refractivity (Wildman–Crippen MR) is 93.2 cm³/mol. The van der Waals surface area contributed by atoms with Crippen molar-refractivity contribution in [1.82, 2.24) is 5.32 Å². The summed E-state index contributed by atoms with van der Waals surface area (Å²) in [5, 5.41) is 2.89. The second-order valence-electron chi connectivity index (χ2n) is 5.26. The van der Waals surface area contributed by atoms with E-state index in [1.807, 2.05) is 13.8 Å². The fourth-order valence-electron chi connectivity index (χ4n) is 1.71. The molecule has 0 aliphatic heterocycles. The molecule has 118 valence electrons. The van der Waals surface area contributed by atoms with Gasteiger partial charge in [0.05, 0.1) is 0 Å². The summed E-state index contributed by atoms with van der Waals surface area (Å²) in [6.07, 6.45) is 22.8. The standard InChI is InChI=1S/C19H31NO/c1-4-5-6-7-8-9-10-11-12-13-14-15-16-17-19(21)20-18(2)3/h5-6,8-9,11-12,14-15,18H,4,7,10,13,16-17H2,1-3H3,(H,20,21). The van der Waals surface area contributed by atoms with Crippen molar-refractivity contribution >= 4 is 5.91 Å². The van der Waals surface area contributed by atoms with Crippen LogP contribution in [0.3, 0.4) is 0 Å². The normalized spacial score (nSPS) is 12.6. The number of carbonyl (C=O) groups is 1. The van der Waals surface area contributed by atoms with Crippen LogP contribution in [0.15, 0.2) is 48.6 Å². The van der Waals surface area contributed by atoms with Gasteiger partial charge < -0.3 is 5.32 Å². The lowest BCUT2D eigenvalue weighted by atomic mass is 10.2. The number of allylic oxidation sites excluding steroid dienone is 8. The number of amides is 1. The molecule has 1 N–H and O–H groups in total. The number of nitrogens with one attached hydrogen (secondary N) is 1. The quantitative estimate of drug-likeness (QED) is 0.527. The third-order valence-electron chi connectivity index (χ3n) is 2.71. The average Bonchev–Trinajstić information content (AvgIpc) is 2.43. The van der Waals surface area contributed by atoms with Gasteiger partial charge in [0.25, 0.3) is 0 Å². The van der Waals surface area contributed by atoms with Crippen LogP contribution < -0.4 is 5.32 Å². The zero-order chi connectivity index (χ0) is 15.8. The highest BCUT2D eigenvalue weighted by Gasteiger charge is 2.00. The van der Waals surface area contributed by atoms with Crippen molar-refractivity contribution in [1.29, 1.82) is 0 Å². The van der Waals surface area contributed by atoms with Crippen LogP contribution in [0.1, 0.15) is 59.3 Å². The summed E-state index contributed by atoms with van der Waals surface area (Å²) >= 11 is 0. The molecule has 0 fully saturated rings. The fourth-order valence-corrected chi connectivity index (χ4v) is 1.71. The van der Waals surface area contributed by atoms with Crippen molar-refractivity contribution < 1.29 is 4.79 Å². The van der Waals surface area contributed by atoms with Crippen molar-refractivity contribution in [2.24, 2.45) is 0 Å². The summed E-state index contributed by atoms with van der Waals surface area (Å²) < 4.78 is 0. The Morgan fingerprint density at radius 3 is 1.81 bits per heavy atom. The first kappa shape index (κ1) is 19.4. The van der Waals surface area contributed by atoms with Crippen LogP contribution >= 0.6 is 0 Å². The van der Waals surface area contributed by atoms with Crippen molar-refractivity contribution in [3.05, 3.63) is 48.6 Å². The smallest absolute Gasteiger partial charge is 0.220 e. The highest BCUT2D eigenvalue weighted by atomic mass is 16.1. The Balaban J connectivity index is 3.52. The van der Waals surface area contributed by atoms with Crippen molar-refractivity contribution in [2.45, 2.75) is 65.3 Å². The van der Waals surface area contributed by atoms with Crippen LogP contribution in [0.5, 0.6) is 0 Å². The van der Waals surface area contributed by atoms with Gasteiger partial charge in [-0.25, -0.2) is 0 Å². The van der Waals surface area contributed by atoms with E-state index in [2.05, 4.69) is 60.8 Å². The lowest BCUT2D eigenvalue weighted by Gasteiger charge is -2.06. The average molecular weight is 289 g/mol. The zero-order valence-corrected chi connectivity index (χ0v) is 13.8. The van der Waals surface area contributed by atoms with E-state index in [0.29, 0.717) is 6.42 Å². The minimum atomic E-state index is 0.132. The molecule has 0 unspecified atom stereocenters. The molecule has 1 amide bonds. The largest absolute Gasteiger partial charge is 0.354 e. The van der Waals surface area contributed by atoms with Gasteiger partial charge in [0.1, 0.15) is 0 Å². The Labute approximate surface area is 130 Å². The molecule has 2 heteroatoms. The molecule has 0 saturated heterocycles. The Morgan fingerprint density at radius 1 is 0.857 bits per heavy atom. The van der Waals surface area contributed by atoms with E-state index in [1.165, 1.54) is 0 Å². The summed E-state index contributed by atoms with van der Waals surface area (Å²) in [6, 6.07) is 0.231. The third kappa shape index (κ3) is 16.4. The number of rotatable bonds is 11. The fraction of sp³-hybridized carbons (Fsp3) is 0.526. The van der Waals surface area contributed by atoms with E-state index in [9.17, 15) is 4.79 Å². The Morgan fingerprint density at radius 2 is 1.33 bits per heavy atom. The van der Waals surface area contributed by atoms with Gasteiger partial charge >= 0.3 is 0 Å². The van der Waals surface area contributed by atoms with Gasteiger partial charge in [-0.2, -0.15) is 0 Å². The van der Waals surface area contributed by atoms with Crippen LogP contribution in [-0.4, -0.2) is 11.9 Å². The summed E-state index contributed by atoms with van der Waals surface area (Å²) in [5.41, 5.74) is 0. The molecule has 21 heavy (non-hydrogen) atoms. The van der Waals surface area contributed by atoms with Gasteiger partial charge in [-0.05, 0) is 46.0 Å². The van der Waals surface area contributed by atoms with Gasteiger partial charge in [-0.15, -0.1) is 0 Å². The first-order valence-electron chi connectivity index (χ1n) is 8.06. The van der Waals surface area contributed by atoms with E-state index < -0.39 is 0 Å². The Bertz CT molecular complexity index is 362. The van der Waals surface area contributed by atoms with Crippen LogP contribution in [0, 0.1) is 0 Å². The van der Waals surface area contributed by atoms with E-state index in [-0.39, 0.29) is 11.9 Å². The predicted octanol–water partition coefficient (Wildman–Crippen LogP) is 5.10. The van der Waals surface area contributed by atoms with E-state index in [4.69, 9.17) is 0 Å². The van der Waals surface area contributed by atoms with Gasteiger partial charge in [0.15, 0.2) is 0 Å². The molecule has 0 aromatic heterocycles. The molecule has 0 aliphatic carbocycles. The molecular weight excluding hydrogens is 258 g/mol. The molecule has 0 rings (SSSR count). The molecular formula is C19H31NO. The Hall–Kier alpha value is -1.57. The molecule has 0 radical (unpaired) electrons. The molecule has 0 aromatic carbocycles. The Kier molecular flexibility index (Phi) is 13.7. The lowest BCUT2D eigenvalue weighted by molar-refractivity contribution is -0.121. The van der Waals surface area contributed by atoms with Gasteiger partial charge in [-0.1, -0.05) is 55.5 Å². The van der Waals surface area contributed by atoms with Crippen LogP contribution in [0.4, 0.5) is 0 Å². The third-order valence-corrected chi connectivity index (χ3v) is 2.71. The molecule has 0 aromatic rings. The number of carbonyl (C=O) groups excluding carboxylic acids is 1. The molecule has 0 saturated carbocycles. The maximum absolute atomic E-state index is 11.4. The first-order chi connectivity index (χ1) is 10.2. The minimum Gasteiger partial charge on any atom is -0.354 e. The summed E-state index contributed by atoms with van der Waals surface area (Å²) in [6.45, 7) is 6.10. The van der Waals surface area contributed by atoms with E-state index in [0.717, 1.165) is 32.1 Å². The van der Waals surface area contributed by atoms with Gasteiger partial charge in [0.2, 0.25) is 5.91 Å². The summed E-state index contributed by atoms with van der Waals surface area (Å²) in [4.78, 5) is 11.4. The first-order valence-corrected chi connectivity index (χ1v) is 8.06. The molecule has 0 heterocycles. The minimum absolute atomic E-state index is 0.132. The molecule has 0 aliphatic rings. The van der Waals surface area contributed by atoms with Crippen LogP contribution in [0.2, 0.25) is 0 Å². The maximum Gasteiger partial charge on any atom is 0.220 e. The monoisotopic (exact) mass is 289 g/mol. The summed E-state index contributed by atoms with van der Waals surface area (Å²) in [5.74, 6) is 0.132. The zero-order valence-electron chi connectivity index (χ0n) is 13.8. The van der Waals surface area contributed by atoms with Crippen molar-refractivity contribution in [2.75, 3.05) is 0 Å². The molecule has 0 spiro atoms. The maximum atomic E-state index is 11.4. The summed E-state index contributed by atoms with van der Waals surface area (Å²) in [7, 11) is 0. The van der Waals surface area contributed by atoms with Crippen molar-refractivity contribution in [3.63, 3.8) is 0 Å². The van der Waals surface area contributed by atoms with Gasteiger partial charge in [-0.3, -0.25) is 4.79 Å². The van der Waals surface area contributed by atoms with Gasteiger partial charge in [0, 0.05) is 12.5 Å². The van der Waals surface area contributed by atoms with E-state index in [1.54, 1.807) is 0 Å².